The number of benzene rings is 1. The van der Waals surface area contributed by atoms with Crippen LogP contribution in [0.3, 0.4) is 0 Å². The second-order valence-corrected chi connectivity index (χ2v) is 6.45. The molecule has 4 atom stereocenters. The third-order valence-electron chi connectivity index (χ3n) is 5.36. The van der Waals surface area contributed by atoms with Gasteiger partial charge in [-0.3, -0.25) is 24.5 Å². The molecule has 1 saturated heterocycles. The molecule has 3 saturated carbocycles. The summed E-state index contributed by atoms with van der Waals surface area (Å²) in [6, 6.07) is 5.52. The molecule has 2 bridgehead atoms. The number of fused-ring (bicyclic) bond motifs is 2. The van der Waals surface area contributed by atoms with Crippen LogP contribution in [-0.2, 0) is 14.4 Å². The van der Waals surface area contributed by atoms with Crippen LogP contribution in [0.4, 0.5) is 11.4 Å². The average molecular weight is 314 g/mol. The molecule has 1 heterocycles. The zero-order valence-electron chi connectivity index (χ0n) is 12.2. The highest BCUT2D eigenvalue weighted by Crippen LogP contribution is 2.52. The maximum atomic E-state index is 12.8. The first-order valence-corrected chi connectivity index (χ1v) is 7.64. The fourth-order valence-electron chi connectivity index (χ4n) is 4.38. The molecule has 4 aliphatic rings. The lowest BCUT2D eigenvalue weighted by molar-refractivity contribution is -0.384. The first kappa shape index (κ1) is 14.0. The normalized spacial score (nSPS) is 32.3. The third-order valence-corrected chi connectivity index (χ3v) is 5.36. The topological polar surface area (TPSA) is 97.6 Å². The highest BCUT2D eigenvalue weighted by molar-refractivity contribution is 6.23. The highest BCUT2D eigenvalue weighted by atomic mass is 16.6. The summed E-state index contributed by atoms with van der Waals surface area (Å²) in [5.74, 6) is -2.10. The molecule has 2 amide bonds. The molecule has 0 aromatic heterocycles. The monoisotopic (exact) mass is 314 g/mol. The maximum Gasteiger partial charge on any atom is 0.271 e. The number of hydrogen-bond donors (Lipinski definition) is 0. The van der Waals surface area contributed by atoms with Gasteiger partial charge >= 0.3 is 0 Å². The second kappa shape index (κ2) is 4.71. The van der Waals surface area contributed by atoms with Gasteiger partial charge in [0, 0.05) is 24.5 Å². The van der Waals surface area contributed by atoms with Gasteiger partial charge in [0.25, 0.3) is 5.69 Å². The molecule has 4 unspecified atom stereocenters. The minimum Gasteiger partial charge on any atom is -0.299 e. The molecule has 4 fully saturated rings. The molecular formula is C16H14N2O5. The number of rotatable bonds is 2. The van der Waals surface area contributed by atoms with Gasteiger partial charge in [-0.05, 0) is 24.8 Å². The number of hydrogen-bond acceptors (Lipinski definition) is 5. The van der Waals surface area contributed by atoms with Gasteiger partial charge in [-0.1, -0.05) is 6.07 Å². The van der Waals surface area contributed by atoms with E-state index in [1.165, 1.54) is 24.3 Å². The smallest absolute Gasteiger partial charge is 0.271 e. The van der Waals surface area contributed by atoms with Crippen LogP contribution in [0.2, 0.25) is 0 Å². The lowest BCUT2D eigenvalue weighted by Crippen LogP contribution is -2.46. The number of carbonyl (C=O) groups excluding carboxylic acids is 3. The minimum absolute atomic E-state index is 0.0716. The van der Waals surface area contributed by atoms with Gasteiger partial charge in [-0.25, -0.2) is 4.90 Å². The lowest BCUT2D eigenvalue weighted by Gasteiger charge is -2.41. The Bertz CT molecular complexity index is 759. The first-order chi connectivity index (χ1) is 11.0. The SMILES string of the molecule is O=C1CC2CCC1C1C(=O)N(c3cccc([N+](=O)[O-])c3)C(=O)C21. The Morgan fingerprint density at radius 3 is 2.52 bits per heavy atom. The predicted molar refractivity (Wildman–Crippen MR) is 78.4 cm³/mol. The van der Waals surface area contributed by atoms with Crippen molar-refractivity contribution in [1.82, 2.24) is 0 Å². The number of imide groups is 1. The summed E-state index contributed by atoms with van der Waals surface area (Å²) in [5, 5.41) is 10.9. The van der Waals surface area contributed by atoms with E-state index >= 15 is 0 Å². The van der Waals surface area contributed by atoms with E-state index in [2.05, 4.69) is 0 Å². The van der Waals surface area contributed by atoms with Gasteiger partial charge < -0.3 is 0 Å². The van der Waals surface area contributed by atoms with E-state index < -0.39 is 16.8 Å². The molecule has 7 nitrogen and oxygen atoms in total. The quantitative estimate of drug-likeness (QED) is 0.470. The number of amides is 2. The molecule has 1 aromatic carbocycles. The summed E-state index contributed by atoms with van der Waals surface area (Å²) >= 11 is 0. The van der Waals surface area contributed by atoms with Crippen LogP contribution >= 0.6 is 0 Å². The summed E-state index contributed by atoms with van der Waals surface area (Å²) in [7, 11) is 0. The predicted octanol–water partition coefficient (Wildman–Crippen LogP) is 1.70. The second-order valence-electron chi connectivity index (χ2n) is 6.45. The molecule has 0 spiro atoms. The van der Waals surface area contributed by atoms with Crippen molar-refractivity contribution < 1.29 is 19.3 Å². The highest BCUT2D eigenvalue weighted by Gasteiger charge is 2.61. The number of carbonyl (C=O) groups is 3. The zero-order valence-corrected chi connectivity index (χ0v) is 12.2. The van der Waals surface area contributed by atoms with Crippen LogP contribution in [0.5, 0.6) is 0 Å². The summed E-state index contributed by atoms with van der Waals surface area (Å²) in [5.41, 5.74) is 0.0486. The van der Waals surface area contributed by atoms with E-state index in [-0.39, 0.29) is 40.8 Å². The molecule has 23 heavy (non-hydrogen) atoms. The molecule has 0 N–H and O–H groups in total. The number of Topliss-reactive ketones (excluding diaryl/α,β-unsaturated/α-hetero) is 1. The summed E-state index contributed by atoms with van der Waals surface area (Å²) in [6.45, 7) is 0. The number of nitrogens with zero attached hydrogens (tertiary/aromatic N) is 2. The molecular weight excluding hydrogens is 300 g/mol. The van der Waals surface area contributed by atoms with Crippen LogP contribution in [0, 0.1) is 33.8 Å². The number of nitro benzene ring substituents is 1. The number of non-ortho nitro benzene ring substituents is 1. The van der Waals surface area contributed by atoms with E-state index in [9.17, 15) is 24.5 Å². The van der Waals surface area contributed by atoms with Crippen LogP contribution in [0.25, 0.3) is 0 Å². The maximum absolute atomic E-state index is 12.8. The van der Waals surface area contributed by atoms with E-state index in [1.54, 1.807) is 0 Å². The molecule has 1 aliphatic heterocycles. The fraction of sp³-hybridized carbons (Fsp3) is 0.438. The molecule has 118 valence electrons. The lowest BCUT2D eigenvalue weighted by atomic mass is 9.59. The van der Waals surface area contributed by atoms with Crippen LogP contribution in [0.15, 0.2) is 24.3 Å². The molecule has 0 radical (unpaired) electrons. The van der Waals surface area contributed by atoms with E-state index in [0.717, 1.165) is 11.3 Å². The van der Waals surface area contributed by atoms with E-state index in [4.69, 9.17) is 0 Å². The summed E-state index contributed by atoms with van der Waals surface area (Å²) in [6.07, 6.45) is 1.82. The number of ketones is 1. The number of anilines is 1. The van der Waals surface area contributed by atoms with Crippen molar-refractivity contribution in [2.75, 3.05) is 4.90 Å². The average Bonchev–Trinajstić information content (AvgIpc) is 2.81. The first-order valence-electron chi connectivity index (χ1n) is 7.64. The van der Waals surface area contributed by atoms with Crippen molar-refractivity contribution >= 4 is 29.0 Å². The van der Waals surface area contributed by atoms with Crippen molar-refractivity contribution in [1.29, 1.82) is 0 Å². The standard InChI is InChI=1S/C16H14N2O5/c19-12-6-8-4-5-11(12)14-13(8)15(20)17(16(14)21)9-2-1-3-10(7-9)18(22)23/h1-3,7-8,11,13-14H,4-6H2. The Labute approximate surface area is 131 Å². The van der Waals surface area contributed by atoms with Crippen molar-refractivity contribution in [2.45, 2.75) is 19.3 Å². The van der Waals surface area contributed by atoms with Gasteiger partial charge in [0.1, 0.15) is 5.78 Å². The van der Waals surface area contributed by atoms with Crippen molar-refractivity contribution in [3.8, 4) is 0 Å². The van der Waals surface area contributed by atoms with Crippen molar-refractivity contribution in [3.05, 3.63) is 34.4 Å². The Balaban J connectivity index is 1.75. The molecule has 7 heteroatoms. The Kier molecular flexibility index (Phi) is 2.88. The zero-order chi connectivity index (χ0) is 16.3. The minimum atomic E-state index is -0.582. The Hall–Kier alpha value is -2.57. The van der Waals surface area contributed by atoms with Gasteiger partial charge in [0.15, 0.2) is 0 Å². The summed E-state index contributed by atoms with van der Waals surface area (Å²) < 4.78 is 0. The van der Waals surface area contributed by atoms with E-state index in [0.29, 0.717) is 12.8 Å². The van der Waals surface area contributed by atoms with Gasteiger partial charge in [-0.2, -0.15) is 0 Å². The van der Waals surface area contributed by atoms with Crippen molar-refractivity contribution in [3.63, 3.8) is 0 Å². The third kappa shape index (κ3) is 1.85. The molecule has 1 aromatic rings. The fourth-order valence-corrected chi connectivity index (χ4v) is 4.38. The van der Waals surface area contributed by atoms with Gasteiger partial charge in [0.2, 0.25) is 11.8 Å². The molecule has 5 rings (SSSR count). The molecule has 3 aliphatic carbocycles. The Morgan fingerprint density at radius 1 is 1.09 bits per heavy atom. The van der Waals surface area contributed by atoms with Gasteiger partial charge in [-0.15, -0.1) is 0 Å². The van der Waals surface area contributed by atoms with Crippen molar-refractivity contribution in [2.24, 2.45) is 23.7 Å². The number of nitro groups is 1. The van der Waals surface area contributed by atoms with Crippen LogP contribution < -0.4 is 4.90 Å². The van der Waals surface area contributed by atoms with E-state index in [1.807, 2.05) is 0 Å². The Morgan fingerprint density at radius 2 is 1.83 bits per heavy atom. The van der Waals surface area contributed by atoms with Gasteiger partial charge in [0.05, 0.1) is 22.4 Å². The largest absolute Gasteiger partial charge is 0.299 e. The summed E-state index contributed by atoms with van der Waals surface area (Å²) in [4.78, 5) is 49.0. The van der Waals surface area contributed by atoms with Crippen LogP contribution in [-0.4, -0.2) is 22.5 Å². The van der Waals surface area contributed by atoms with Crippen LogP contribution in [0.1, 0.15) is 19.3 Å².